The Morgan fingerprint density at radius 2 is 1.86 bits per heavy atom. The summed E-state index contributed by atoms with van der Waals surface area (Å²) in [6.07, 6.45) is 3.93. The SMILES string of the molecule is CCS(=O)(=O)c1cc(-c2cn(C)c(=O)c3ccccc23)c(OCC2CC2)nn1. The molecule has 2 heterocycles. The van der Waals surface area contributed by atoms with E-state index in [1.165, 1.54) is 10.6 Å². The summed E-state index contributed by atoms with van der Waals surface area (Å²) in [6.45, 7) is 2.08. The Morgan fingerprint density at radius 3 is 2.54 bits per heavy atom. The van der Waals surface area contributed by atoms with Crippen molar-refractivity contribution in [3.8, 4) is 17.0 Å². The highest BCUT2D eigenvalue weighted by Gasteiger charge is 2.25. The van der Waals surface area contributed by atoms with Gasteiger partial charge < -0.3 is 9.30 Å². The molecule has 1 fully saturated rings. The first-order valence-corrected chi connectivity index (χ1v) is 10.9. The van der Waals surface area contributed by atoms with Gasteiger partial charge in [-0.1, -0.05) is 25.1 Å². The third-order valence-electron chi connectivity index (χ3n) is 4.97. The average molecular weight is 399 g/mol. The zero-order chi connectivity index (χ0) is 19.9. The molecule has 0 atom stereocenters. The van der Waals surface area contributed by atoms with E-state index in [0.29, 0.717) is 29.0 Å². The van der Waals surface area contributed by atoms with Crippen molar-refractivity contribution < 1.29 is 13.2 Å². The molecule has 0 radical (unpaired) electrons. The van der Waals surface area contributed by atoms with E-state index < -0.39 is 9.84 Å². The summed E-state index contributed by atoms with van der Waals surface area (Å²) in [6, 6.07) is 8.74. The summed E-state index contributed by atoms with van der Waals surface area (Å²) in [5, 5.41) is 9.15. The van der Waals surface area contributed by atoms with Crippen LogP contribution in [0.5, 0.6) is 5.88 Å². The van der Waals surface area contributed by atoms with E-state index in [2.05, 4.69) is 10.2 Å². The van der Waals surface area contributed by atoms with Crippen molar-refractivity contribution in [1.82, 2.24) is 14.8 Å². The maximum absolute atomic E-state index is 12.5. The molecule has 4 rings (SSSR count). The molecule has 0 N–H and O–H groups in total. The Bertz CT molecular complexity index is 1210. The van der Waals surface area contributed by atoms with E-state index >= 15 is 0 Å². The van der Waals surface area contributed by atoms with Crippen LogP contribution in [0.25, 0.3) is 21.9 Å². The van der Waals surface area contributed by atoms with Crippen molar-refractivity contribution >= 4 is 20.6 Å². The van der Waals surface area contributed by atoms with Crippen LogP contribution in [0.3, 0.4) is 0 Å². The van der Waals surface area contributed by atoms with Gasteiger partial charge in [-0.15, -0.1) is 10.2 Å². The summed E-state index contributed by atoms with van der Waals surface area (Å²) in [7, 11) is -1.87. The summed E-state index contributed by atoms with van der Waals surface area (Å²) in [4.78, 5) is 12.5. The van der Waals surface area contributed by atoms with Gasteiger partial charge in [-0.25, -0.2) is 8.42 Å². The molecule has 7 nitrogen and oxygen atoms in total. The Kier molecular flexibility index (Phi) is 4.66. The number of nitrogens with zero attached hydrogens (tertiary/aromatic N) is 3. The molecule has 1 saturated carbocycles. The number of aryl methyl sites for hydroxylation is 1. The lowest BCUT2D eigenvalue weighted by Gasteiger charge is -2.14. The van der Waals surface area contributed by atoms with Crippen LogP contribution < -0.4 is 10.3 Å². The lowest BCUT2D eigenvalue weighted by molar-refractivity contribution is 0.285. The largest absolute Gasteiger partial charge is 0.476 e. The van der Waals surface area contributed by atoms with E-state index in [-0.39, 0.29) is 22.2 Å². The van der Waals surface area contributed by atoms with Crippen LogP contribution in [0, 0.1) is 5.92 Å². The van der Waals surface area contributed by atoms with Crippen LogP contribution in [0.15, 0.2) is 46.3 Å². The smallest absolute Gasteiger partial charge is 0.258 e. The highest BCUT2D eigenvalue weighted by atomic mass is 32.2. The quantitative estimate of drug-likeness (QED) is 0.633. The molecule has 0 amide bonds. The lowest BCUT2D eigenvalue weighted by atomic mass is 10.0. The molecule has 1 aromatic carbocycles. The molecule has 1 aliphatic rings. The molecule has 1 aliphatic carbocycles. The van der Waals surface area contributed by atoms with Gasteiger partial charge in [-0.2, -0.15) is 0 Å². The molecular formula is C20H21N3O4S. The topological polar surface area (TPSA) is 91.2 Å². The maximum atomic E-state index is 12.5. The Hall–Kier alpha value is -2.74. The molecule has 2 aromatic heterocycles. The minimum Gasteiger partial charge on any atom is -0.476 e. The third kappa shape index (κ3) is 3.40. The minimum atomic E-state index is -3.53. The predicted octanol–water partition coefficient (Wildman–Crippen LogP) is 2.58. The number of fused-ring (bicyclic) bond motifs is 1. The number of hydrogen-bond donors (Lipinski definition) is 0. The van der Waals surface area contributed by atoms with Gasteiger partial charge in [-0.3, -0.25) is 4.79 Å². The summed E-state index contributed by atoms with van der Waals surface area (Å²) in [5.74, 6) is 0.716. The van der Waals surface area contributed by atoms with Gasteiger partial charge in [0.1, 0.15) is 0 Å². The lowest BCUT2D eigenvalue weighted by Crippen LogP contribution is -2.17. The van der Waals surface area contributed by atoms with Crippen LogP contribution in [-0.2, 0) is 16.9 Å². The second kappa shape index (κ2) is 7.01. The second-order valence-electron chi connectivity index (χ2n) is 7.06. The van der Waals surface area contributed by atoms with Crippen molar-refractivity contribution in [2.24, 2.45) is 13.0 Å². The van der Waals surface area contributed by atoms with Gasteiger partial charge in [0.05, 0.1) is 17.9 Å². The number of aromatic nitrogens is 3. The highest BCUT2D eigenvalue weighted by Crippen LogP contribution is 2.35. The zero-order valence-electron chi connectivity index (χ0n) is 15.8. The number of ether oxygens (including phenoxy) is 1. The predicted molar refractivity (Wildman–Crippen MR) is 106 cm³/mol. The molecule has 3 aromatic rings. The molecule has 8 heteroatoms. The fourth-order valence-electron chi connectivity index (χ4n) is 3.07. The van der Waals surface area contributed by atoms with Crippen LogP contribution in [-0.4, -0.2) is 35.5 Å². The third-order valence-corrected chi connectivity index (χ3v) is 6.57. The summed E-state index contributed by atoms with van der Waals surface area (Å²) < 4.78 is 32.1. The molecule has 0 saturated heterocycles. The fourth-order valence-corrected chi connectivity index (χ4v) is 3.83. The standard InChI is InChI=1S/C20H21N3O4S/c1-3-28(25,26)18-10-16(19(22-21-18)27-12-13-8-9-13)17-11-23(2)20(24)15-7-5-4-6-14(15)17/h4-7,10-11,13H,3,8-9,12H2,1-2H3. The van der Waals surface area contributed by atoms with E-state index in [1.807, 2.05) is 12.1 Å². The van der Waals surface area contributed by atoms with Gasteiger partial charge >= 0.3 is 0 Å². The molecule has 0 aliphatic heterocycles. The molecular weight excluding hydrogens is 378 g/mol. The average Bonchev–Trinajstić information content (AvgIpc) is 3.53. The number of hydrogen-bond acceptors (Lipinski definition) is 6. The van der Waals surface area contributed by atoms with Crippen molar-refractivity contribution in [3.63, 3.8) is 0 Å². The van der Waals surface area contributed by atoms with Gasteiger partial charge in [0.25, 0.3) is 5.56 Å². The fraction of sp³-hybridized carbons (Fsp3) is 0.350. The van der Waals surface area contributed by atoms with Crippen LogP contribution >= 0.6 is 0 Å². The second-order valence-corrected chi connectivity index (χ2v) is 9.29. The number of rotatable bonds is 6. The minimum absolute atomic E-state index is 0.0720. The van der Waals surface area contributed by atoms with Crippen molar-refractivity contribution in [2.45, 2.75) is 24.8 Å². The summed E-state index contributed by atoms with van der Waals surface area (Å²) >= 11 is 0. The van der Waals surface area contributed by atoms with Crippen LogP contribution in [0.2, 0.25) is 0 Å². The number of pyridine rings is 1. The molecule has 0 unspecified atom stereocenters. The van der Waals surface area contributed by atoms with Crippen LogP contribution in [0.4, 0.5) is 0 Å². The first-order valence-electron chi connectivity index (χ1n) is 9.22. The van der Waals surface area contributed by atoms with Gasteiger partial charge in [0.2, 0.25) is 5.88 Å². The van der Waals surface area contributed by atoms with Crippen molar-refractivity contribution in [1.29, 1.82) is 0 Å². The first-order chi connectivity index (χ1) is 13.4. The Balaban J connectivity index is 1.96. The monoisotopic (exact) mass is 399 g/mol. The number of benzene rings is 1. The van der Waals surface area contributed by atoms with E-state index in [1.54, 1.807) is 32.3 Å². The highest BCUT2D eigenvalue weighted by molar-refractivity contribution is 7.91. The molecule has 146 valence electrons. The van der Waals surface area contributed by atoms with Gasteiger partial charge in [0.15, 0.2) is 14.9 Å². The Morgan fingerprint density at radius 1 is 1.14 bits per heavy atom. The summed E-state index contributed by atoms with van der Waals surface area (Å²) in [5.41, 5.74) is 1.09. The molecule has 0 spiro atoms. The molecule has 28 heavy (non-hydrogen) atoms. The zero-order valence-corrected chi connectivity index (χ0v) is 16.6. The normalized spacial score (nSPS) is 14.4. The van der Waals surface area contributed by atoms with Gasteiger partial charge in [0, 0.05) is 24.2 Å². The molecule has 0 bridgehead atoms. The van der Waals surface area contributed by atoms with Crippen LogP contribution in [0.1, 0.15) is 19.8 Å². The van der Waals surface area contributed by atoms with Crippen molar-refractivity contribution in [2.75, 3.05) is 12.4 Å². The Labute approximate surface area is 162 Å². The maximum Gasteiger partial charge on any atom is 0.258 e. The van der Waals surface area contributed by atoms with Crippen molar-refractivity contribution in [3.05, 3.63) is 46.9 Å². The van der Waals surface area contributed by atoms with Gasteiger partial charge in [-0.05, 0) is 36.3 Å². The van der Waals surface area contributed by atoms with E-state index in [0.717, 1.165) is 18.2 Å². The first kappa shape index (κ1) is 18.6. The number of sulfone groups is 1. The van der Waals surface area contributed by atoms with E-state index in [4.69, 9.17) is 4.74 Å². The van der Waals surface area contributed by atoms with E-state index in [9.17, 15) is 13.2 Å².